The minimum atomic E-state index is -2.87. The van der Waals surface area contributed by atoms with Gasteiger partial charge in [-0.3, -0.25) is 9.09 Å². The standard InChI is InChI=1S/C22H47NO3P/c1-5-6-7-8-9-10-11-12-13-14-15-16-17-18-22-21-23(2,3)19-20-25-27(4,24)26-22/h22H,5-21H2,1-4H3/q+1/t22-,27-/m0/s1. The van der Waals surface area contributed by atoms with Crippen LogP contribution in [0.25, 0.3) is 0 Å². The van der Waals surface area contributed by atoms with Crippen LogP contribution < -0.4 is 0 Å². The van der Waals surface area contributed by atoms with E-state index < -0.39 is 7.60 Å². The second-order valence-electron chi connectivity index (χ2n) is 9.21. The van der Waals surface area contributed by atoms with E-state index in [0.29, 0.717) is 6.61 Å². The van der Waals surface area contributed by atoms with E-state index in [9.17, 15) is 4.57 Å². The predicted octanol–water partition coefficient (Wildman–Crippen LogP) is 6.78. The highest BCUT2D eigenvalue weighted by atomic mass is 31.2. The maximum atomic E-state index is 12.3. The Bertz CT molecular complexity index is 414. The lowest BCUT2D eigenvalue weighted by molar-refractivity contribution is -0.893. The molecule has 0 spiro atoms. The molecule has 1 aliphatic heterocycles. The van der Waals surface area contributed by atoms with Crippen LogP contribution in [0.2, 0.25) is 0 Å². The molecule has 4 nitrogen and oxygen atoms in total. The number of likely N-dealkylation sites (N-methyl/N-ethyl adjacent to an activating group) is 1. The molecule has 0 bridgehead atoms. The van der Waals surface area contributed by atoms with Crippen molar-refractivity contribution in [2.75, 3.05) is 40.5 Å². The summed E-state index contributed by atoms with van der Waals surface area (Å²) in [5, 5.41) is 0. The second kappa shape index (κ2) is 14.1. The molecule has 0 unspecified atom stereocenters. The summed E-state index contributed by atoms with van der Waals surface area (Å²) in [7, 11) is 1.54. The lowest BCUT2D eigenvalue weighted by atomic mass is 10.0. The molecule has 0 aromatic carbocycles. The predicted molar refractivity (Wildman–Crippen MR) is 117 cm³/mol. The number of unbranched alkanes of at least 4 members (excludes halogenated alkanes) is 12. The van der Waals surface area contributed by atoms with Crippen molar-refractivity contribution >= 4 is 7.60 Å². The highest BCUT2D eigenvalue weighted by molar-refractivity contribution is 7.53. The van der Waals surface area contributed by atoms with Crippen molar-refractivity contribution in [1.82, 2.24) is 0 Å². The van der Waals surface area contributed by atoms with Gasteiger partial charge in [-0.2, -0.15) is 0 Å². The fourth-order valence-corrected chi connectivity index (χ4v) is 5.15. The Kier molecular flexibility index (Phi) is 13.2. The van der Waals surface area contributed by atoms with Crippen LogP contribution >= 0.6 is 7.60 Å². The Balaban J connectivity index is 2.02. The van der Waals surface area contributed by atoms with Gasteiger partial charge in [-0.1, -0.05) is 90.4 Å². The molecule has 5 heteroatoms. The van der Waals surface area contributed by atoms with Gasteiger partial charge < -0.3 is 9.01 Å². The molecule has 0 saturated carbocycles. The van der Waals surface area contributed by atoms with Crippen LogP contribution in [0.5, 0.6) is 0 Å². The Morgan fingerprint density at radius 1 is 0.852 bits per heavy atom. The molecule has 0 aromatic heterocycles. The lowest BCUT2D eigenvalue weighted by Crippen LogP contribution is -2.48. The van der Waals surface area contributed by atoms with E-state index in [1.807, 2.05) is 0 Å². The average Bonchev–Trinajstić information content (AvgIpc) is 2.56. The Morgan fingerprint density at radius 3 is 1.85 bits per heavy atom. The zero-order valence-electron chi connectivity index (χ0n) is 18.7. The molecule has 1 heterocycles. The molecule has 0 radical (unpaired) electrons. The van der Waals surface area contributed by atoms with Crippen molar-refractivity contribution in [2.45, 2.75) is 103 Å². The number of hydrogen-bond acceptors (Lipinski definition) is 3. The van der Waals surface area contributed by atoms with Crippen molar-refractivity contribution in [2.24, 2.45) is 0 Å². The van der Waals surface area contributed by atoms with Gasteiger partial charge in [0, 0.05) is 6.66 Å². The molecule has 2 atom stereocenters. The number of hydrogen-bond donors (Lipinski definition) is 0. The summed E-state index contributed by atoms with van der Waals surface area (Å²) in [6.45, 7) is 6.25. The second-order valence-corrected chi connectivity index (χ2v) is 11.2. The van der Waals surface area contributed by atoms with Crippen molar-refractivity contribution in [3.63, 3.8) is 0 Å². The first-order valence-corrected chi connectivity index (χ1v) is 13.6. The van der Waals surface area contributed by atoms with Gasteiger partial charge in [0.2, 0.25) is 0 Å². The highest BCUT2D eigenvalue weighted by Gasteiger charge is 2.32. The van der Waals surface area contributed by atoms with Crippen LogP contribution in [0.4, 0.5) is 0 Å². The fourth-order valence-electron chi connectivity index (χ4n) is 3.96. The minimum absolute atomic E-state index is 0.0591. The molecule has 0 aliphatic carbocycles. The van der Waals surface area contributed by atoms with Gasteiger partial charge >= 0.3 is 7.60 Å². The monoisotopic (exact) mass is 404 g/mol. The van der Waals surface area contributed by atoms with E-state index in [1.54, 1.807) is 6.66 Å². The SMILES string of the molecule is CCCCCCCCCCCCCCC[C@H]1C[N+](C)(C)CCO[P@](C)(=O)O1. The zero-order valence-corrected chi connectivity index (χ0v) is 19.6. The Morgan fingerprint density at radius 2 is 1.33 bits per heavy atom. The maximum Gasteiger partial charge on any atom is 0.328 e. The van der Waals surface area contributed by atoms with Gasteiger partial charge in [-0.05, 0) is 6.42 Å². The van der Waals surface area contributed by atoms with E-state index in [2.05, 4.69) is 21.0 Å². The zero-order chi connectivity index (χ0) is 20.0. The summed E-state index contributed by atoms with van der Waals surface area (Å²) < 4.78 is 24.5. The van der Waals surface area contributed by atoms with Crippen LogP contribution in [0.1, 0.15) is 96.8 Å². The Labute approximate surface area is 169 Å². The third kappa shape index (κ3) is 13.8. The molecular weight excluding hydrogens is 357 g/mol. The molecule has 27 heavy (non-hydrogen) atoms. The highest BCUT2D eigenvalue weighted by Crippen LogP contribution is 2.46. The molecule has 1 fully saturated rings. The summed E-state index contributed by atoms with van der Waals surface area (Å²) >= 11 is 0. The maximum absolute atomic E-state index is 12.3. The molecule has 162 valence electrons. The van der Waals surface area contributed by atoms with Crippen molar-refractivity contribution < 1.29 is 18.1 Å². The average molecular weight is 405 g/mol. The van der Waals surface area contributed by atoms with Gasteiger partial charge in [-0.15, -0.1) is 0 Å². The van der Waals surface area contributed by atoms with Crippen molar-refractivity contribution in [3.05, 3.63) is 0 Å². The van der Waals surface area contributed by atoms with E-state index in [-0.39, 0.29) is 6.10 Å². The third-order valence-corrected chi connectivity index (χ3v) is 7.02. The van der Waals surface area contributed by atoms with E-state index in [0.717, 1.165) is 24.0 Å². The molecule has 1 aliphatic rings. The van der Waals surface area contributed by atoms with Crippen LogP contribution in [0, 0.1) is 0 Å². The smallest absolute Gasteiger partial charge is 0.324 e. The third-order valence-electron chi connectivity index (χ3n) is 5.69. The normalized spacial score (nSPS) is 25.9. The topological polar surface area (TPSA) is 35.5 Å². The van der Waals surface area contributed by atoms with E-state index >= 15 is 0 Å². The molecule has 1 saturated heterocycles. The fraction of sp³-hybridized carbons (Fsp3) is 1.00. The van der Waals surface area contributed by atoms with E-state index in [4.69, 9.17) is 9.05 Å². The molecular formula is C22H47NO3P+. The number of quaternary nitrogens is 1. The molecule has 0 amide bonds. The van der Waals surface area contributed by atoms with E-state index in [1.165, 1.54) is 83.5 Å². The molecule has 1 rings (SSSR count). The molecule has 0 aromatic rings. The first-order chi connectivity index (χ1) is 12.8. The summed E-state index contributed by atoms with van der Waals surface area (Å²) in [5.74, 6) is 0. The number of nitrogens with zero attached hydrogens (tertiary/aromatic N) is 1. The quantitative estimate of drug-likeness (QED) is 0.182. The first kappa shape index (κ1) is 25.1. The van der Waals surface area contributed by atoms with Gasteiger partial charge in [-0.25, -0.2) is 0 Å². The van der Waals surface area contributed by atoms with Gasteiger partial charge in [0.1, 0.15) is 25.8 Å². The van der Waals surface area contributed by atoms with Crippen molar-refractivity contribution in [1.29, 1.82) is 0 Å². The summed E-state index contributed by atoms with van der Waals surface area (Å²) in [6, 6.07) is 0. The van der Waals surface area contributed by atoms with Gasteiger partial charge in [0.25, 0.3) is 0 Å². The van der Waals surface area contributed by atoms with Gasteiger partial charge in [0.05, 0.1) is 14.1 Å². The van der Waals surface area contributed by atoms with Crippen LogP contribution in [-0.2, 0) is 13.6 Å². The first-order valence-electron chi connectivity index (χ1n) is 11.6. The Hall–Kier alpha value is 0.110. The minimum Gasteiger partial charge on any atom is -0.324 e. The van der Waals surface area contributed by atoms with Crippen LogP contribution in [0.3, 0.4) is 0 Å². The number of rotatable bonds is 14. The molecule has 0 N–H and O–H groups in total. The van der Waals surface area contributed by atoms with Gasteiger partial charge in [0.15, 0.2) is 0 Å². The summed E-state index contributed by atoms with van der Waals surface area (Å²) in [5.41, 5.74) is 0. The summed E-state index contributed by atoms with van der Waals surface area (Å²) in [4.78, 5) is 0. The lowest BCUT2D eigenvalue weighted by Gasteiger charge is -2.36. The van der Waals surface area contributed by atoms with Crippen LogP contribution in [0.15, 0.2) is 0 Å². The van der Waals surface area contributed by atoms with Crippen molar-refractivity contribution in [3.8, 4) is 0 Å². The van der Waals surface area contributed by atoms with Crippen LogP contribution in [-0.4, -0.2) is 51.0 Å². The largest absolute Gasteiger partial charge is 0.328 e. The summed E-state index contributed by atoms with van der Waals surface area (Å²) in [6.07, 6.45) is 18.8.